The van der Waals surface area contributed by atoms with Crippen LogP contribution in [-0.2, 0) is 9.59 Å². The van der Waals surface area contributed by atoms with Crippen molar-refractivity contribution in [1.82, 2.24) is 4.98 Å². The highest BCUT2D eigenvalue weighted by molar-refractivity contribution is 5.89. The standard InChI is InChI=1S/C21H17NO4/c1-14(23)25-18-13-22-20(17-11-7-4-8-12-17)19(21(18)26-15(2)24)16-9-5-3-6-10-16/h3-13H,1-2H3. The van der Waals surface area contributed by atoms with Crippen LogP contribution in [-0.4, -0.2) is 16.9 Å². The second-order valence-electron chi connectivity index (χ2n) is 5.59. The Morgan fingerprint density at radius 3 is 1.85 bits per heavy atom. The molecule has 3 aromatic rings. The molecule has 5 heteroatoms. The molecule has 0 saturated heterocycles. The summed E-state index contributed by atoms with van der Waals surface area (Å²) in [6.07, 6.45) is 1.40. The molecule has 0 fully saturated rings. The lowest BCUT2D eigenvalue weighted by atomic mass is 9.98. The van der Waals surface area contributed by atoms with Crippen LogP contribution in [0.4, 0.5) is 0 Å². The molecule has 3 rings (SSSR count). The lowest BCUT2D eigenvalue weighted by Gasteiger charge is -2.17. The van der Waals surface area contributed by atoms with Gasteiger partial charge in [0, 0.05) is 19.4 Å². The first kappa shape index (κ1) is 17.4. The fraction of sp³-hybridized carbons (Fsp3) is 0.0952. The average molecular weight is 347 g/mol. The van der Waals surface area contributed by atoms with Crippen LogP contribution in [0.25, 0.3) is 22.4 Å². The molecule has 0 spiro atoms. The van der Waals surface area contributed by atoms with Gasteiger partial charge in [-0.3, -0.25) is 14.6 Å². The summed E-state index contributed by atoms with van der Waals surface area (Å²) >= 11 is 0. The van der Waals surface area contributed by atoms with Gasteiger partial charge in [-0.1, -0.05) is 60.7 Å². The van der Waals surface area contributed by atoms with Crippen molar-refractivity contribution in [2.45, 2.75) is 13.8 Å². The van der Waals surface area contributed by atoms with Gasteiger partial charge < -0.3 is 9.47 Å². The van der Waals surface area contributed by atoms with Gasteiger partial charge in [0.1, 0.15) is 0 Å². The molecule has 0 amide bonds. The number of carbonyl (C=O) groups excluding carboxylic acids is 2. The Hall–Kier alpha value is -3.47. The molecule has 5 nitrogen and oxygen atoms in total. The predicted molar refractivity (Wildman–Crippen MR) is 97.7 cm³/mol. The van der Waals surface area contributed by atoms with Crippen molar-refractivity contribution in [2.24, 2.45) is 0 Å². The van der Waals surface area contributed by atoms with Crippen molar-refractivity contribution in [2.75, 3.05) is 0 Å². The van der Waals surface area contributed by atoms with E-state index in [1.807, 2.05) is 60.7 Å². The summed E-state index contributed by atoms with van der Waals surface area (Å²) in [5.41, 5.74) is 2.87. The highest BCUT2D eigenvalue weighted by atomic mass is 16.6. The minimum absolute atomic E-state index is 0.103. The average Bonchev–Trinajstić information content (AvgIpc) is 2.63. The van der Waals surface area contributed by atoms with Crippen molar-refractivity contribution in [3.63, 3.8) is 0 Å². The predicted octanol–water partition coefficient (Wildman–Crippen LogP) is 4.27. The molecule has 0 N–H and O–H groups in total. The zero-order valence-corrected chi connectivity index (χ0v) is 14.4. The van der Waals surface area contributed by atoms with E-state index in [4.69, 9.17) is 9.47 Å². The summed E-state index contributed by atoms with van der Waals surface area (Å²) in [6.45, 7) is 2.58. The molecule has 0 atom stereocenters. The number of nitrogens with zero attached hydrogens (tertiary/aromatic N) is 1. The molecule has 0 aliphatic carbocycles. The molecule has 26 heavy (non-hydrogen) atoms. The van der Waals surface area contributed by atoms with Crippen molar-refractivity contribution in [1.29, 1.82) is 0 Å². The lowest BCUT2D eigenvalue weighted by molar-refractivity contribution is -0.134. The highest BCUT2D eigenvalue weighted by Gasteiger charge is 2.22. The van der Waals surface area contributed by atoms with E-state index in [1.165, 1.54) is 20.0 Å². The molecule has 0 radical (unpaired) electrons. The van der Waals surface area contributed by atoms with Crippen molar-refractivity contribution in [3.8, 4) is 33.9 Å². The molecule has 1 heterocycles. The van der Waals surface area contributed by atoms with Crippen molar-refractivity contribution >= 4 is 11.9 Å². The van der Waals surface area contributed by atoms with E-state index in [1.54, 1.807) is 0 Å². The topological polar surface area (TPSA) is 65.5 Å². The normalized spacial score (nSPS) is 10.2. The van der Waals surface area contributed by atoms with Gasteiger partial charge in [0.05, 0.1) is 17.5 Å². The van der Waals surface area contributed by atoms with Crippen LogP contribution in [0.15, 0.2) is 66.9 Å². The maximum absolute atomic E-state index is 11.7. The second-order valence-corrected chi connectivity index (χ2v) is 5.59. The number of rotatable bonds is 4. The lowest BCUT2D eigenvalue weighted by Crippen LogP contribution is -2.09. The smallest absolute Gasteiger partial charge is 0.308 e. The van der Waals surface area contributed by atoms with E-state index in [0.29, 0.717) is 11.3 Å². The number of pyridine rings is 1. The molecule has 1 aromatic heterocycles. The first-order valence-electron chi connectivity index (χ1n) is 8.07. The van der Waals surface area contributed by atoms with E-state index in [0.717, 1.165) is 11.1 Å². The van der Waals surface area contributed by atoms with Gasteiger partial charge in [-0.2, -0.15) is 0 Å². The Labute approximate surface area is 151 Å². The Kier molecular flexibility index (Phi) is 5.08. The molecule has 0 aliphatic rings. The highest BCUT2D eigenvalue weighted by Crippen LogP contribution is 2.43. The summed E-state index contributed by atoms with van der Waals surface area (Å²) in [4.78, 5) is 27.6. The zero-order valence-electron chi connectivity index (χ0n) is 14.4. The van der Waals surface area contributed by atoms with Crippen LogP contribution in [0.2, 0.25) is 0 Å². The minimum Gasteiger partial charge on any atom is -0.422 e. The number of hydrogen-bond donors (Lipinski definition) is 0. The van der Waals surface area contributed by atoms with Gasteiger partial charge in [0.25, 0.3) is 0 Å². The van der Waals surface area contributed by atoms with Gasteiger partial charge in [-0.15, -0.1) is 0 Å². The summed E-state index contributed by atoms with van der Waals surface area (Å²) < 4.78 is 10.7. The van der Waals surface area contributed by atoms with E-state index in [-0.39, 0.29) is 11.5 Å². The molecule has 130 valence electrons. The Morgan fingerprint density at radius 1 is 0.769 bits per heavy atom. The largest absolute Gasteiger partial charge is 0.422 e. The number of ether oxygens (including phenoxy) is 2. The molecule has 2 aromatic carbocycles. The van der Waals surface area contributed by atoms with E-state index >= 15 is 0 Å². The minimum atomic E-state index is -0.522. The summed E-state index contributed by atoms with van der Waals surface area (Å²) in [5, 5.41) is 0. The first-order chi connectivity index (χ1) is 12.6. The van der Waals surface area contributed by atoms with E-state index < -0.39 is 11.9 Å². The van der Waals surface area contributed by atoms with E-state index in [9.17, 15) is 9.59 Å². The van der Waals surface area contributed by atoms with Crippen molar-refractivity contribution in [3.05, 3.63) is 66.9 Å². The van der Waals surface area contributed by atoms with Gasteiger partial charge in [0.15, 0.2) is 11.5 Å². The van der Waals surface area contributed by atoms with Crippen LogP contribution >= 0.6 is 0 Å². The fourth-order valence-electron chi connectivity index (χ4n) is 2.64. The second kappa shape index (κ2) is 7.61. The maximum atomic E-state index is 11.7. The molecule has 0 unspecified atom stereocenters. The quantitative estimate of drug-likeness (QED) is 0.660. The Balaban J connectivity index is 2.32. The maximum Gasteiger partial charge on any atom is 0.308 e. The SMILES string of the molecule is CC(=O)Oc1cnc(-c2ccccc2)c(-c2ccccc2)c1OC(C)=O. The molecule has 0 aliphatic heterocycles. The third kappa shape index (κ3) is 3.78. The van der Waals surface area contributed by atoms with Gasteiger partial charge in [-0.05, 0) is 5.56 Å². The van der Waals surface area contributed by atoms with E-state index in [2.05, 4.69) is 4.98 Å². The zero-order chi connectivity index (χ0) is 18.5. The number of aromatic nitrogens is 1. The van der Waals surface area contributed by atoms with Crippen LogP contribution < -0.4 is 9.47 Å². The monoisotopic (exact) mass is 347 g/mol. The third-order valence-electron chi connectivity index (χ3n) is 3.61. The van der Waals surface area contributed by atoms with Gasteiger partial charge in [-0.25, -0.2) is 0 Å². The molecular weight excluding hydrogens is 330 g/mol. The number of esters is 2. The number of benzene rings is 2. The Morgan fingerprint density at radius 2 is 1.31 bits per heavy atom. The van der Waals surface area contributed by atoms with Crippen LogP contribution in [0.1, 0.15) is 13.8 Å². The third-order valence-corrected chi connectivity index (χ3v) is 3.61. The molecule has 0 saturated carbocycles. The van der Waals surface area contributed by atoms with Crippen LogP contribution in [0, 0.1) is 0 Å². The van der Waals surface area contributed by atoms with Gasteiger partial charge >= 0.3 is 11.9 Å². The Bertz CT molecular complexity index is 937. The van der Waals surface area contributed by atoms with Crippen LogP contribution in [0.5, 0.6) is 11.5 Å². The summed E-state index contributed by atoms with van der Waals surface area (Å²) in [6, 6.07) is 18.9. The van der Waals surface area contributed by atoms with Crippen LogP contribution in [0.3, 0.4) is 0 Å². The van der Waals surface area contributed by atoms with Crippen molar-refractivity contribution < 1.29 is 19.1 Å². The summed E-state index contributed by atoms with van der Waals surface area (Å²) in [5.74, 6) is -0.758. The first-order valence-corrected chi connectivity index (χ1v) is 8.07. The number of carbonyl (C=O) groups is 2. The molecule has 0 bridgehead atoms. The van der Waals surface area contributed by atoms with Gasteiger partial charge in [0.2, 0.25) is 0 Å². The fourth-order valence-corrected chi connectivity index (χ4v) is 2.64. The molecular formula is C21H17NO4. The number of hydrogen-bond acceptors (Lipinski definition) is 5. The summed E-state index contributed by atoms with van der Waals surface area (Å²) in [7, 11) is 0.